The summed E-state index contributed by atoms with van der Waals surface area (Å²) in [6.07, 6.45) is 4.59. The number of nitrogens with zero attached hydrogens (tertiary/aromatic N) is 3. The molecular formula is C13H24N4O2. The van der Waals surface area contributed by atoms with Crippen LogP contribution in [0.25, 0.3) is 0 Å². The zero-order valence-corrected chi connectivity index (χ0v) is 11.8. The predicted molar refractivity (Wildman–Crippen MR) is 73.1 cm³/mol. The topological polar surface area (TPSA) is 74.4 Å². The highest BCUT2D eigenvalue weighted by molar-refractivity contribution is 5.28. The lowest BCUT2D eigenvalue weighted by molar-refractivity contribution is 0.274. The molecule has 1 unspecified atom stereocenters. The molecule has 1 saturated carbocycles. The van der Waals surface area contributed by atoms with Crippen molar-refractivity contribution in [3.8, 4) is 0 Å². The van der Waals surface area contributed by atoms with Crippen molar-refractivity contribution in [1.82, 2.24) is 15.5 Å². The lowest BCUT2D eigenvalue weighted by atomic mass is 9.92. The molecular weight excluding hydrogens is 244 g/mol. The average Bonchev–Trinajstić information content (AvgIpc) is 2.82. The van der Waals surface area contributed by atoms with Gasteiger partial charge in [-0.05, 0) is 39.2 Å². The number of aliphatic hydroxyl groups excluding tert-OH is 1. The first kappa shape index (κ1) is 14.3. The third-order valence-electron chi connectivity index (χ3n) is 3.60. The van der Waals surface area contributed by atoms with Crippen molar-refractivity contribution in [1.29, 1.82) is 0 Å². The SMILES string of the molecule is CCCNC(C)c1nnc(N(CCO)C2CCC2)o1. The summed E-state index contributed by atoms with van der Waals surface area (Å²) in [4.78, 5) is 2.03. The number of nitrogens with one attached hydrogen (secondary N) is 1. The van der Waals surface area contributed by atoms with E-state index in [-0.39, 0.29) is 12.6 Å². The predicted octanol–water partition coefficient (Wildman–Crippen LogP) is 1.48. The Labute approximate surface area is 114 Å². The van der Waals surface area contributed by atoms with Crippen LogP contribution >= 0.6 is 0 Å². The highest BCUT2D eigenvalue weighted by Crippen LogP contribution is 2.29. The molecule has 1 heterocycles. The Morgan fingerprint density at radius 1 is 1.47 bits per heavy atom. The lowest BCUT2D eigenvalue weighted by Gasteiger charge is -2.35. The van der Waals surface area contributed by atoms with Crippen molar-refractivity contribution < 1.29 is 9.52 Å². The van der Waals surface area contributed by atoms with Crippen LogP contribution in [0, 0.1) is 0 Å². The van der Waals surface area contributed by atoms with E-state index >= 15 is 0 Å². The molecule has 0 saturated heterocycles. The van der Waals surface area contributed by atoms with Crippen molar-refractivity contribution in [2.75, 3.05) is 24.6 Å². The molecule has 108 valence electrons. The molecule has 6 nitrogen and oxygen atoms in total. The van der Waals surface area contributed by atoms with Gasteiger partial charge in [-0.2, -0.15) is 0 Å². The molecule has 0 radical (unpaired) electrons. The molecule has 0 bridgehead atoms. The Morgan fingerprint density at radius 2 is 2.26 bits per heavy atom. The fraction of sp³-hybridized carbons (Fsp3) is 0.846. The van der Waals surface area contributed by atoms with E-state index in [0.717, 1.165) is 25.8 Å². The van der Waals surface area contributed by atoms with Crippen LogP contribution in [0.1, 0.15) is 51.5 Å². The summed E-state index contributed by atoms with van der Waals surface area (Å²) in [6.45, 7) is 5.74. The molecule has 0 aliphatic heterocycles. The summed E-state index contributed by atoms with van der Waals surface area (Å²) in [5.74, 6) is 0.616. The minimum absolute atomic E-state index is 0.0681. The summed E-state index contributed by atoms with van der Waals surface area (Å²) < 4.78 is 5.74. The minimum Gasteiger partial charge on any atom is -0.406 e. The molecule has 1 aromatic heterocycles. The molecule has 1 atom stereocenters. The monoisotopic (exact) mass is 268 g/mol. The van der Waals surface area contributed by atoms with E-state index in [1.807, 2.05) is 11.8 Å². The van der Waals surface area contributed by atoms with E-state index in [1.165, 1.54) is 6.42 Å². The van der Waals surface area contributed by atoms with Crippen molar-refractivity contribution in [3.05, 3.63) is 5.89 Å². The van der Waals surface area contributed by atoms with Gasteiger partial charge in [0.05, 0.1) is 12.6 Å². The molecule has 0 spiro atoms. The number of hydrogen-bond acceptors (Lipinski definition) is 6. The van der Waals surface area contributed by atoms with Crippen molar-refractivity contribution in [3.63, 3.8) is 0 Å². The maximum atomic E-state index is 9.15. The Morgan fingerprint density at radius 3 is 2.84 bits per heavy atom. The second-order valence-corrected chi connectivity index (χ2v) is 5.10. The van der Waals surface area contributed by atoms with E-state index in [4.69, 9.17) is 9.52 Å². The molecule has 1 aliphatic rings. The quantitative estimate of drug-likeness (QED) is 0.744. The molecule has 1 fully saturated rings. The fourth-order valence-electron chi connectivity index (χ4n) is 2.21. The van der Waals surface area contributed by atoms with Crippen molar-refractivity contribution in [2.45, 2.75) is 51.6 Å². The van der Waals surface area contributed by atoms with E-state index in [9.17, 15) is 0 Å². The Kier molecular flexibility index (Phi) is 5.15. The molecule has 1 aliphatic carbocycles. The molecule has 0 amide bonds. The van der Waals surface area contributed by atoms with Crippen molar-refractivity contribution >= 4 is 6.01 Å². The average molecular weight is 268 g/mol. The van der Waals surface area contributed by atoms with Gasteiger partial charge in [-0.25, -0.2) is 0 Å². The molecule has 2 rings (SSSR count). The van der Waals surface area contributed by atoms with Crippen LogP contribution in [0.5, 0.6) is 0 Å². The second kappa shape index (κ2) is 6.86. The number of hydrogen-bond donors (Lipinski definition) is 2. The second-order valence-electron chi connectivity index (χ2n) is 5.10. The maximum absolute atomic E-state index is 9.15. The van der Waals surface area contributed by atoms with Crippen LogP contribution in [0.4, 0.5) is 6.01 Å². The maximum Gasteiger partial charge on any atom is 0.318 e. The molecule has 1 aromatic rings. The largest absolute Gasteiger partial charge is 0.406 e. The zero-order chi connectivity index (χ0) is 13.7. The highest BCUT2D eigenvalue weighted by atomic mass is 16.4. The summed E-state index contributed by atoms with van der Waals surface area (Å²) in [7, 11) is 0. The molecule has 2 N–H and O–H groups in total. The third-order valence-corrected chi connectivity index (χ3v) is 3.60. The Hall–Kier alpha value is -1.14. The van der Waals surface area contributed by atoms with Crippen molar-refractivity contribution in [2.24, 2.45) is 0 Å². The summed E-state index contributed by atoms with van der Waals surface area (Å²) in [5, 5.41) is 20.7. The van der Waals surface area contributed by atoms with Gasteiger partial charge in [0, 0.05) is 12.6 Å². The highest BCUT2D eigenvalue weighted by Gasteiger charge is 2.28. The third kappa shape index (κ3) is 3.45. The van der Waals surface area contributed by atoms with E-state index < -0.39 is 0 Å². The van der Waals surface area contributed by atoms with E-state index in [2.05, 4.69) is 22.4 Å². The van der Waals surface area contributed by atoms with Gasteiger partial charge < -0.3 is 19.7 Å². The van der Waals surface area contributed by atoms with Gasteiger partial charge in [0.1, 0.15) is 0 Å². The smallest absolute Gasteiger partial charge is 0.318 e. The summed E-state index contributed by atoms with van der Waals surface area (Å²) >= 11 is 0. The summed E-state index contributed by atoms with van der Waals surface area (Å²) in [5.41, 5.74) is 0. The Balaban J connectivity index is 2.00. The lowest BCUT2D eigenvalue weighted by Crippen LogP contribution is -2.42. The first-order chi connectivity index (χ1) is 9.26. The van der Waals surface area contributed by atoms with Gasteiger partial charge in [0.15, 0.2) is 0 Å². The summed E-state index contributed by atoms with van der Waals surface area (Å²) in [6, 6.07) is 1.05. The molecule has 0 aromatic carbocycles. The van der Waals surface area contributed by atoms with Gasteiger partial charge in [-0.15, -0.1) is 5.10 Å². The minimum atomic E-state index is 0.0681. The number of anilines is 1. The number of aliphatic hydroxyl groups is 1. The Bertz CT molecular complexity index is 378. The van der Waals surface area contributed by atoms with Gasteiger partial charge in [0.2, 0.25) is 5.89 Å². The van der Waals surface area contributed by atoms with E-state index in [0.29, 0.717) is 24.5 Å². The van der Waals surface area contributed by atoms with Gasteiger partial charge in [0.25, 0.3) is 0 Å². The van der Waals surface area contributed by atoms with Crippen LogP contribution in [0.3, 0.4) is 0 Å². The molecule has 19 heavy (non-hydrogen) atoms. The first-order valence-corrected chi connectivity index (χ1v) is 7.20. The van der Waals surface area contributed by atoms with Crippen LogP contribution in [0.2, 0.25) is 0 Å². The van der Waals surface area contributed by atoms with Gasteiger partial charge in [-0.3, -0.25) is 0 Å². The normalized spacial score (nSPS) is 17.2. The van der Waals surface area contributed by atoms with Crippen LogP contribution < -0.4 is 10.2 Å². The zero-order valence-electron chi connectivity index (χ0n) is 11.8. The number of rotatable bonds is 8. The molecule has 6 heteroatoms. The first-order valence-electron chi connectivity index (χ1n) is 7.20. The van der Waals surface area contributed by atoms with Crippen LogP contribution in [0.15, 0.2) is 4.42 Å². The standard InChI is InChI=1S/C13H24N4O2/c1-3-7-14-10(2)12-15-16-13(19-12)17(8-9-18)11-5-4-6-11/h10-11,14,18H,3-9H2,1-2H3. The van der Waals surface area contributed by atoms with Gasteiger partial charge >= 0.3 is 6.01 Å². The van der Waals surface area contributed by atoms with Gasteiger partial charge in [-0.1, -0.05) is 12.0 Å². The number of aromatic nitrogens is 2. The fourth-order valence-corrected chi connectivity index (χ4v) is 2.21. The van der Waals surface area contributed by atoms with Crippen LogP contribution in [-0.4, -0.2) is 41.0 Å². The van der Waals surface area contributed by atoms with Crippen LogP contribution in [-0.2, 0) is 0 Å². The van der Waals surface area contributed by atoms with E-state index in [1.54, 1.807) is 0 Å².